The first kappa shape index (κ1) is 8.24. The Morgan fingerprint density at radius 1 is 1.00 bits per heavy atom. The largest absolute Gasteiger partial charge is 0.367 e. The summed E-state index contributed by atoms with van der Waals surface area (Å²) in [6.45, 7) is 0. The van der Waals surface area contributed by atoms with Crippen molar-refractivity contribution in [2.75, 3.05) is 0 Å². The second-order valence-corrected chi connectivity index (χ2v) is 3.52. The second-order valence-electron chi connectivity index (χ2n) is 3.52. The van der Waals surface area contributed by atoms with Gasteiger partial charge in [-0.15, -0.1) is 0 Å². The molecule has 3 aromatic rings. The van der Waals surface area contributed by atoms with Crippen molar-refractivity contribution >= 4 is 10.9 Å². The van der Waals surface area contributed by atoms with Crippen LogP contribution < -0.4 is 0 Å². The van der Waals surface area contributed by atoms with Crippen molar-refractivity contribution in [3.05, 3.63) is 55.0 Å². The first-order valence-corrected chi connectivity index (χ1v) is 4.91. The summed E-state index contributed by atoms with van der Waals surface area (Å²) in [5.74, 6) is 0. The van der Waals surface area contributed by atoms with Gasteiger partial charge in [-0.1, -0.05) is 18.2 Å². The Balaban J connectivity index is 2.22. The summed E-state index contributed by atoms with van der Waals surface area (Å²) in [6.07, 6.45) is 5.81. The predicted molar refractivity (Wildman–Crippen MR) is 61.5 cm³/mol. The van der Waals surface area contributed by atoms with Gasteiger partial charge in [0, 0.05) is 35.1 Å². The molecule has 15 heavy (non-hydrogen) atoms. The fourth-order valence-corrected chi connectivity index (χ4v) is 1.73. The number of para-hydroxylation sites is 1. The Labute approximate surface area is 87.6 Å². The van der Waals surface area contributed by atoms with E-state index in [0.717, 1.165) is 11.1 Å². The number of aromatic nitrogens is 2. The lowest BCUT2D eigenvalue weighted by molar-refractivity contribution is 1.39. The van der Waals surface area contributed by atoms with Crippen LogP contribution in [0.2, 0.25) is 0 Å². The number of rotatable bonds is 1. The lowest BCUT2D eigenvalue weighted by atomic mass is 10.1. The maximum absolute atomic E-state index is 4.42. The Bertz CT molecular complexity index is 582. The molecule has 0 aliphatic rings. The summed E-state index contributed by atoms with van der Waals surface area (Å²) in [5.41, 5.74) is 3.36. The lowest BCUT2D eigenvalue weighted by Gasteiger charge is -2.00. The maximum atomic E-state index is 4.42. The molecule has 0 unspecified atom stereocenters. The summed E-state index contributed by atoms with van der Waals surface area (Å²) in [7, 11) is 0. The normalized spacial score (nSPS) is 10.7. The molecule has 0 fully saturated rings. The number of pyridine rings is 1. The standard InChI is InChI=1S/C13H10N2/c1-2-4-13-10(3-1)7-12(9-15-13)11-5-6-14-8-11/h1-9,14H. The van der Waals surface area contributed by atoms with Gasteiger partial charge in [-0.25, -0.2) is 0 Å². The van der Waals surface area contributed by atoms with Gasteiger partial charge >= 0.3 is 0 Å². The van der Waals surface area contributed by atoms with E-state index in [2.05, 4.69) is 22.1 Å². The third kappa shape index (κ3) is 1.40. The van der Waals surface area contributed by atoms with Gasteiger partial charge < -0.3 is 4.98 Å². The minimum Gasteiger partial charge on any atom is -0.367 e. The minimum absolute atomic E-state index is 1.04. The zero-order valence-corrected chi connectivity index (χ0v) is 8.14. The van der Waals surface area contributed by atoms with Gasteiger partial charge in [0.1, 0.15) is 0 Å². The summed E-state index contributed by atoms with van der Waals surface area (Å²) in [6, 6.07) is 12.3. The predicted octanol–water partition coefficient (Wildman–Crippen LogP) is 3.23. The van der Waals surface area contributed by atoms with E-state index in [1.807, 2.05) is 42.9 Å². The third-order valence-electron chi connectivity index (χ3n) is 2.52. The Morgan fingerprint density at radius 3 is 2.80 bits per heavy atom. The van der Waals surface area contributed by atoms with Crippen LogP contribution in [0.15, 0.2) is 55.0 Å². The molecule has 0 saturated carbocycles. The van der Waals surface area contributed by atoms with Crippen molar-refractivity contribution in [3.63, 3.8) is 0 Å². The molecule has 3 rings (SSSR count). The fraction of sp³-hybridized carbons (Fsp3) is 0. The Hall–Kier alpha value is -2.09. The smallest absolute Gasteiger partial charge is 0.0702 e. The van der Waals surface area contributed by atoms with Crippen LogP contribution in [0.1, 0.15) is 0 Å². The van der Waals surface area contributed by atoms with Gasteiger partial charge in [0.2, 0.25) is 0 Å². The van der Waals surface area contributed by atoms with E-state index >= 15 is 0 Å². The van der Waals surface area contributed by atoms with Crippen LogP contribution in [0.25, 0.3) is 22.0 Å². The van der Waals surface area contributed by atoms with Crippen LogP contribution in [0.4, 0.5) is 0 Å². The highest BCUT2D eigenvalue weighted by atomic mass is 14.7. The van der Waals surface area contributed by atoms with Crippen molar-refractivity contribution in [3.8, 4) is 11.1 Å². The summed E-state index contributed by atoms with van der Waals surface area (Å²) in [4.78, 5) is 7.47. The SMILES string of the molecule is c1ccc2ncc(-c3cc[nH]c3)cc2c1. The minimum atomic E-state index is 1.04. The molecule has 0 amide bonds. The number of H-pyrrole nitrogens is 1. The van der Waals surface area contributed by atoms with Crippen molar-refractivity contribution in [2.24, 2.45) is 0 Å². The van der Waals surface area contributed by atoms with Crippen LogP contribution in [0, 0.1) is 0 Å². The lowest BCUT2D eigenvalue weighted by Crippen LogP contribution is -1.80. The number of aromatic amines is 1. The topological polar surface area (TPSA) is 28.7 Å². The fourth-order valence-electron chi connectivity index (χ4n) is 1.73. The zero-order valence-electron chi connectivity index (χ0n) is 8.14. The van der Waals surface area contributed by atoms with Crippen LogP contribution in [-0.4, -0.2) is 9.97 Å². The average Bonchev–Trinajstić information content (AvgIpc) is 2.82. The number of benzene rings is 1. The van der Waals surface area contributed by atoms with Gasteiger partial charge in [-0.3, -0.25) is 4.98 Å². The molecule has 72 valence electrons. The molecular formula is C13H10N2. The first-order chi connectivity index (χ1) is 7.43. The van der Waals surface area contributed by atoms with Gasteiger partial charge in [0.15, 0.2) is 0 Å². The molecular weight excluding hydrogens is 184 g/mol. The molecule has 0 bridgehead atoms. The molecule has 1 aromatic carbocycles. The van der Waals surface area contributed by atoms with Gasteiger partial charge in [-0.05, 0) is 18.2 Å². The van der Waals surface area contributed by atoms with Crippen molar-refractivity contribution < 1.29 is 0 Å². The second kappa shape index (κ2) is 3.24. The molecule has 0 aliphatic heterocycles. The molecule has 2 heterocycles. The summed E-state index contributed by atoms with van der Waals surface area (Å²) < 4.78 is 0. The number of nitrogens with one attached hydrogen (secondary N) is 1. The molecule has 0 atom stereocenters. The van der Waals surface area contributed by atoms with E-state index in [-0.39, 0.29) is 0 Å². The summed E-state index contributed by atoms with van der Waals surface area (Å²) in [5, 5.41) is 1.18. The van der Waals surface area contributed by atoms with E-state index in [1.165, 1.54) is 10.9 Å². The monoisotopic (exact) mass is 194 g/mol. The van der Waals surface area contributed by atoms with E-state index < -0.39 is 0 Å². The van der Waals surface area contributed by atoms with E-state index in [1.54, 1.807) is 0 Å². The Kier molecular flexibility index (Phi) is 1.78. The number of hydrogen-bond acceptors (Lipinski definition) is 1. The molecule has 0 spiro atoms. The van der Waals surface area contributed by atoms with Crippen molar-refractivity contribution in [1.29, 1.82) is 0 Å². The molecule has 0 radical (unpaired) electrons. The zero-order chi connectivity index (χ0) is 10.1. The molecule has 2 nitrogen and oxygen atoms in total. The van der Waals surface area contributed by atoms with Gasteiger partial charge in [0.25, 0.3) is 0 Å². The van der Waals surface area contributed by atoms with E-state index in [4.69, 9.17) is 0 Å². The quantitative estimate of drug-likeness (QED) is 0.633. The molecule has 2 aromatic heterocycles. The van der Waals surface area contributed by atoms with Crippen molar-refractivity contribution in [1.82, 2.24) is 9.97 Å². The van der Waals surface area contributed by atoms with E-state index in [9.17, 15) is 0 Å². The number of nitrogens with zero attached hydrogens (tertiary/aromatic N) is 1. The first-order valence-electron chi connectivity index (χ1n) is 4.91. The van der Waals surface area contributed by atoms with E-state index in [0.29, 0.717) is 0 Å². The van der Waals surface area contributed by atoms with Crippen LogP contribution >= 0.6 is 0 Å². The third-order valence-corrected chi connectivity index (χ3v) is 2.52. The maximum Gasteiger partial charge on any atom is 0.0702 e. The highest BCUT2D eigenvalue weighted by Gasteiger charge is 1.99. The average molecular weight is 194 g/mol. The van der Waals surface area contributed by atoms with Crippen LogP contribution in [-0.2, 0) is 0 Å². The number of fused-ring (bicyclic) bond motifs is 1. The van der Waals surface area contributed by atoms with Gasteiger partial charge in [0.05, 0.1) is 5.52 Å². The van der Waals surface area contributed by atoms with Crippen LogP contribution in [0.3, 0.4) is 0 Å². The highest BCUT2D eigenvalue weighted by Crippen LogP contribution is 2.21. The number of hydrogen-bond donors (Lipinski definition) is 1. The van der Waals surface area contributed by atoms with Gasteiger partial charge in [-0.2, -0.15) is 0 Å². The molecule has 0 aliphatic carbocycles. The molecule has 1 N–H and O–H groups in total. The molecule has 2 heteroatoms. The summed E-state index contributed by atoms with van der Waals surface area (Å²) >= 11 is 0. The van der Waals surface area contributed by atoms with Crippen molar-refractivity contribution in [2.45, 2.75) is 0 Å². The van der Waals surface area contributed by atoms with Crippen LogP contribution in [0.5, 0.6) is 0 Å². The highest BCUT2D eigenvalue weighted by molar-refractivity contribution is 5.83. The molecule has 0 saturated heterocycles. The Morgan fingerprint density at radius 2 is 1.93 bits per heavy atom.